The van der Waals surface area contributed by atoms with E-state index >= 15 is 0 Å². The molecule has 0 atom stereocenters. The number of thioether (sulfide) groups is 1. The van der Waals surface area contributed by atoms with Gasteiger partial charge in [-0.25, -0.2) is 0 Å². The summed E-state index contributed by atoms with van der Waals surface area (Å²) in [6.07, 6.45) is 0. The fourth-order valence-corrected chi connectivity index (χ4v) is 1.99. The highest BCUT2D eigenvalue weighted by molar-refractivity contribution is 8.00. The smallest absolute Gasteiger partial charge is 0.446 e. The van der Waals surface area contributed by atoms with Crippen LogP contribution in [0.15, 0.2) is 29.2 Å². The third-order valence-corrected chi connectivity index (χ3v) is 2.86. The van der Waals surface area contributed by atoms with Gasteiger partial charge in [-0.15, -0.1) is 0 Å². The Morgan fingerprint density at radius 3 is 2.55 bits per heavy atom. The lowest BCUT2D eigenvalue weighted by molar-refractivity contribution is -0.141. The Balaban J connectivity index is 2.75. The molecule has 4 nitrogen and oxygen atoms in total. The van der Waals surface area contributed by atoms with E-state index in [2.05, 4.69) is 10.1 Å². The Hall–Kier alpha value is -1.70. The number of nitrogens with one attached hydrogen (secondary N) is 1. The summed E-state index contributed by atoms with van der Waals surface area (Å²) in [5, 5.41) is 2.22. The van der Waals surface area contributed by atoms with Crippen LogP contribution in [0.5, 0.6) is 0 Å². The zero-order valence-electron chi connectivity index (χ0n) is 10.5. The van der Waals surface area contributed by atoms with Gasteiger partial charge >= 0.3 is 11.5 Å². The fraction of sp³-hybridized carbons (Fsp3) is 0.333. The molecule has 0 saturated heterocycles. The first-order chi connectivity index (χ1) is 9.33. The summed E-state index contributed by atoms with van der Waals surface area (Å²) in [6, 6.07) is 5.29. The van der Waals surface area contributed by atoms with Crippen LogP contribution in [0.25, 0.3) is 0 Å². The molecule has 8 heteroatoms. The summed E-state index contributed by atoms with van der Waals surface area (Å²) < 4.78 is 41.7. The number of ether oxygens (including phenoxy) is 1. The van der Waals surface area contributed by atoms with Gasteiger partial charge in [-0.3, -0.25) is 9.59 Å². The molecule has 0 heterocycles. The molecule has 0 aromatic heterocycles. The van der Waals surface area contributed by atoms with E-state index in [1.165, 1.54) is 24.3 Å². The van der Waals surface area contributed by atoms with Crippen molar-refractivity contribution in [3.8, 4) is 0 Å². The molecule has 0 bridgehead atoms. The van der Waals surface area contributed by atoms with Crippen molar-refractivity contribution in [3.63, 3.8) is 0 Å². The van der Waals surface area contributed by atoms with Gasteiger partial charge in [0.2, 0.25) is 0 Å². The minimum Gasteiger partial charge on any atom is -0.465 e. The average Bonchev–Trinajstić information content (AvgIpc) is 2.35. The molecule has 0 aliphatic rings. The number of benzene rings is 1. The number of halogens is 3. The maximum atomic E-state index is 12.4. The van der Waals surface area contributed by atoms with Crippen LogP contribution in [0.4, 0.5) is 13.2 Å². The lowest BCUT2D eigenvalue weighted by atomic mass is 10.2. The number of hydrogen-bond donors (Lipinski definition) is 1. The van der Waals surface area contributed by atoms with E-state index in [4.69, 9.17) is 0 Å². The summed E-state index contributed by atoms with van der Waals surface area (Å²) in [4.78, 5) is 22.6. The summed E-state index contributed by atoms with van der Waals surface area (Å²) in [7, 11) is 0. The number of hydrogen-bond acceptors (Lipinski definition) is 4. The molecule has 0 aliphatic heterocycles. The zero-order valence-corrected chi connectivity index (χ0v) is 11.3. The van der Waals surface area contributed by atoms with Crippen molar-refractivity contribution in [3.05, 3.63) is 29.8 Å². The van der Waals surface area contributed by atoms with E-state index < -0.39 is 23.9 Å². The van der Waals surface area contributed by atoms with Crippen LogP contribution >= 0.6 is 11.8 Å². The molecular weight excluding hydrogens is 295 g/mol. The minimum atomic E-state index is -4.49. The van der Waals surface area contributed by atoms with Gasteiger partial charge in [0.1, 0.15) is 6.54 Å². The van der Waals surface area contributed by atoms with E-state index in [9.17, 15) is 22.8 Å². The van der Waals surface area contributed by atoms with Gasteiger partial charge in [0, 0.05) is 4.90 Å². The molecule has 1 aromatic rings. The Bertz CT molecular complexity index is 491. The first-order valence-corrected chi connectivity index (χ1v) is 6.43. The quantitative estimate of drug-likeness (QED) is 0.671. The predicted octanol–water partition coefficient (Wildman–Crippen LogP) is 2.59. The van der Waals surface area contributed by atoms with E-state index in [0.29, 0.717) is 0 Å². The molecule has 1 aromatic carbocycles. The lowest BCUT2D eigenvalue weighted by Gasteiger charge is -2.11. The number of alkyl halides is 3. The first kappa shape index (κ1) is 16.4. The molecule has 20 heavy (non-hydrogen) atoms. The third kappa shape index (κ3) is 5.52. The maximum Gasteiger partial charge on any atom is 0.446 e. The SMILES string of the molecule is CCOC(=O)CNC(=O)c1ccccc1SC(F)(F)F. The molecule has 1 amide bonds. The van der Waals surface area contributed by atoms with Crippen LogP contribution < -0.4 is 5.32 Å². The monoisotopic (exact) mass is 307 g/mol. The molecule has 1 rings (SSSR count). The highest BCUT2D eigenvalue weighted by Crippen LogP contribution is 2.38. The molecule has 0 fully saturated rings. The highest BCUT2D eigenvalue weighted by Gasteiger charge is 2.31. The van der Waals surface area contributed by atoms with Gasteiger partial charge in [0.25, 0.3) is 5.91 Å². The average molecular weight is 307 g/mol. The number of amides is 1. The Kier molecular flexibility index (Phi) is 5.87. The van der Waals surface area contributed by atoms with Crippen molar-refractivity contribution in [2.75, 3.05) is 13.2 Å². The molecular formula is C12H12F3NO3S. The maximum absolute atomic E-state index is 12.4. The molecule has 0 unspecified atom stereocenters. The second-order valence-corrected chi connectivity index (χ2v) is 4.64. The summed E-state index contributed by atoms with van der Waals surface area (Å²) in [5.41, 5.74) is -4.63. The second-order valence-electron chi connectivity index (χ2n) is 3.53. The Morgan fingerprint density at radius 1 is 1.30 bits per heavy atom. The zero-order chi connectivity index (χ0) is 15.2. The standard InChI is InChI=1S/C12H12F3NO3S/c1-2-19-10(17)7-16-11(18)8-5-3-4-6-9(8)20-12(13,14)15/h3-6H,2,7H2,1H3,(H,16,18). The Labute approximate surface area is 117 Å². The predicted molar refractivity (Wildman–Crippen MR) is 67.3 cm³/mol. The molecule has 0 radical (unpaired) electrons. The normalized spacial score (nSPS) is 11.0. The van der Waals surface area contributed by atoms with Gasteiger partial charge in [0.15, 0.2) is 0 Å². The number of carbonyl (C=O) groups is 2. The van der Waals surface area contributed by atoms with Crippen LogP contribution in [-0.4, -0.2) is 30.5 Å². The number of rotatable bonds is 5. The Morgan fingerprint density at radius 2 is 1.95 bits per heavy atom. The van der Waals surface area contributed by atoms with Crippen molar-refractivity contribution < 1.29 is 27.5 Å². The van der Waals surface area contributed by atoms with E-state index in [1.54, 1.807) is 6.92 Å². The van der Waals surface area contributed by atoms with Gasteiger partial charge in [-0.2, -0.15) is 13.2 Å². The molecule has 110 valence electrons. The van der Waals surface area contributed by atoms with Gasteiger partial charge in [-0.1, -0.05) is 12.1 Å². The van der Waals surface area contributed by atoms with Crippen LogP contribution in [-0.2, 0) is 9.53 Å². The topological polar surface area (TPSA) is 55.4 Å². The van der Waals surface area contributed by atoms with Gasteiger partial charge in [0.05, 0.1) is 12.2 Å². The van der Waals surface area contributed by atoms with Crippen LogP contribution in [0.3, 0.4) is 0 Å². The summed E-state index contributed by atoms with van der Waals surface area (Å²) in [5.74, 6) is -1.41. The van der Waals surface area contributed by atoms with E-state index in [0.717, 1.165) is 0 Å². The molecule has 0 saturated carbocycles. The second kappa shape index (κ2) is 7.18. The number of esters is 1. The molecule has 1 N–H and O–H groups in total. The number of carbonyl (C=O) groups excluding carboxylic acids is 2. The van der Waals surface area contributed by atoms with E-state index in [-0.39, 0.29) is 28.8 Å². The van der Waals surface area contributed by atoms with Crippen molar-refractivity contribution in [1.82, 2.24) is 5.32 Å². The van der Waals surface area contributed by atoms with E-state index in [1.807, 2.05) is 0 Å². The van der Waals surface area contributed by atoms with Crippen molar-refractivity contribution in [2.45, 2.75) is 17.3 Å². The van der Waals surface area contributed by atoms with Crippen LogP contribution in [0.1, 0.15) is 17.3 Å². The third-order valence-electron chi connectivity index (χ3n) is 2.06. The van der Waals surface area contributed by atoms with Crippen molar-refractivity contribution in [1.29, 1.82) is 0 Å². The summed E-state index contributed by atoms with van der Waals surface area (Å²) in [6.45, 7) is 1.38. The summed E-state index contributed by atoms with van der Waals surface area (Å²) >= 11 is -0.377. The minimum absolute atomic E-state index is 0.140. The fourth-order valence-electron chi connectivity index (χ4n) is 1.33. The van der Waals surface area contributed by atoms with Crippen LogP contribution in [0.2, 0.25) is 0 Å². The van der Waals surface area contributed by atoms with Crippen LogP contribution in [0, 0.1) is 0 Å². The van der Waals surface area contributed by atoms with Gasteiger partial charge in [-0.05, 0) is 30.8 Å². The first-order valence-electron chi connectivity index (χ1n) is 5.62. The molecule has 0 spiro atoms. The van der Waals surface area contributed by atoms with Crippen molar-refractivity contribution >= 4 is 23.6 Å². The highest BCUT2D eigenvalue weighted by atomic mass is 32.2. The molecule has 0 aliphatic carbocycles. The van der Waals surface area contributed by atoms with Gasteiger partial charge < -0.3 is 10.1 Å². The van der Waals surface area contributed by atoms with Crippen molar-refractivity contribution in [2.24, 2.45) is 0 Å². The largest absolute Gasteiger partial charge is 0.465 e. The lowest BCUT2D eigenvalue weighted by Crippen LogP contribution is -2.31.